The Hall–Kier alpha value is -1.81. The minimum atomic E-state index is -0.308. The molecule has 2 aromatic rings. The average Bonchev–Trinajstić information content (AvgIpc) is 2.44. The van der Waals surface area contributed by atoms with Crippen molar-refractivity contribution in [2.24, 2.45) is 0 Å². The molecular weight excluding hydrogens is 318 g/mol. The Morgan fingerprint density at radius 2 is 2.00 bits per heavy atom. The van der Waals surface area contributed by atoms with Crippen molar-refractivity contribution >= 4 is 38.4 Å². The second kappa shape index (κ2) is 7.10. The third kappa shape index (κ3) is 4.10. The largest absolute Gasteiger partial charge is 0.463 e. The number of hydrogen-bond donors (Lipinski definition) is 1. The molecule has 20 heavy (non-hydrogen) atoms. The number of rotatable bonds is 5. The van der Waals surface area contributed by atoms with Crippen molar-refractivity contribution in [1.29, 1.82) is 0 Å². The summed E-state index contributed by atoms with van der Waals surface area (Å²) < 4.78 is 5.88. The van der Waals surface area contributed by atoms with Crippen molar-refractivity contribution in [2.45, 2.75) is 6.92 Å². The van der Waals surface area contributed by atoms with E-state index in [1.807, 2.05) is 12.1 Å². The molecule has 0 amide bonds. The van der Waals surface area contributed by atoms with Gasteiger partial charge < -0.3 is 10.1 Å². The lowest BCUT2D eigenvalue weighted by molar-refractivity contribution is -0.137. The molecule has 0 atom stereocenters. The molecule has 0 saturated carbocycles. The Morgan fingerprint density at radius 1 is 1.25 bits per heavy atom. The Balaban J connectivity index is 1.97. The number of nitrogens with one attached hydrogen (secondary N) is 1. The highest BCUT2D eigenvalue weighted by atomic mass is 79.9. The second-order valence-electron chi connectivity index (χ2n) is 4.24. The number of anilines is 1. The van der Waals surface area contributed by atoms with Gasteiger partial charge in [0.05, 0.1) is 6.61 Å². The smallest absolute Gasteiger partial charge is 0.330 e. The van der Waals surface area contributed by atoms with E-state index < -0.39 is 0 Å². The fraction of sp³-hybridized carbons (Fsp3) is 0.188. The molecule has 0 aliphatic rings. The van der Waals surface area contributed by atoms with Crippen LogP contribution < -0.4 is 5.32 Å². The van der Waals surface area contributed by atoms with E-state index in [9.17, 15) is 4.79 Å². The van der Waals surface area contributed by atoms with Crippen LogP contribution in [-0.2, 0) is 9.53 Å². The zero-order chi connectivity index (χ0) is 14.4. The maximum atomic E-state index is 11.1. The third-order valence-corrected chi connectivity index (χ3v) is 3.26. The van der Waals surface area contributed by atoms with Crippen LogP contribution in [0.3, 0.4) is 0 Å². The lowest BCUT2D eigenvalue weighted by Gasteiger charge is -2.05. The lowest BCUT2D eigenvalue weighted by atomic mass is 10.1. The highest BCUT2D eigenvalue weighted by Gasteiger charge is 1.97. The first-order valence-electron chi connectivity index (χ1n) is 6.45. The van der Waals surface area contributed by atoms with E-state index in [2.05, 4.69) is 45.5 Å². The summed E-state index contributed by atoms with van der Waals surface area (Å²) in [4.78, 5) is 11.1. The molecule has 0 aliphatic carbocycles. The molecule has 0 bridgehead atoms. The van der Waals surface area contributed by atoms with Crippen LogP contribution in [0.4, 0.5) is 5.69 Å². The molecule has 4 heteroatoms. The second-order valence-corrected chi connectivity index (χ2v) is 5.16. The number of hydrogen-bond acceptors (Lipinski definition) is 3. The number of esters is 1. The van der Waals surface area contributed by atoms with Crippen molar-refractivity contribution in [2.75, 3.05) is 18.5 Å². The van der Waals surface area contributed by atoms with Gasteiger partial charge in [0.25, 0.3) is 0 Å². The Labute approximate surface area is 126 Å². The number of carbonyl (C=O) groups excluding carboxylic acids is 1. The Kier molecular flexibility index (Phi) is 5.18. The first kappa shape index (κ1) is 14.6. The van der Waals surface area contributed by atoms with E-state index in [1.165, 1.54) is 16.8 Å². The molecule has 2 rings (SSSR count). The highest BCUT2D eigenvalue weighted by molar-refractivity contribution is 9.10. The third-order valence-electron chi connectivity index (χ3n) is 2.77. The summed E-state index contributed by atoms with van der Waals surface area (Å²) >= 11 is 3.46. The number of ether oxygens (including phenoxy) is 1. The maximum absolute atomic E-state index is 11.1. The molecule has 0 spiro atoms. The van der Waals surface area contributed by atoms with Crippen LogP contribution in [0.2, 0.25) is 0 Å². The van der Waals surface area contributed by atoms with Gasteiger partial charge in [0, 0.05) is 22.8 Å². The van der Waals surface area contributed by atoms with Crippen molar-refractivity contribution in [3.05, 3.63) is 53.0 Å². The molecule has 3 nitrogen and oxygen atoms in total. The summed E-state index contributed by atoms with van der Waals surface area (Å²) in [6.07, 6.45) is 3.19. The van der Waals surface area contributed by atoms with Crippen molar-refractivity contribution in [3.63, 3.8) is 0 Å². The summed E-state index contributed by atoms with van der Waals surface area (Å²) in [5, 5.41) is 5.60. The predicted octanol–water partition coefficient (Wildman–Crippen LogP) is 4.13. The predicted molar refractivity (Wildman–Crippen MR) is 85.9 cm³/mol. The molecule has 0 heterocycles. The zero-order valence-electron chi connectivity index (χ0n) is 11.2. The van der Waals surface area contributed by atoms with Gasteiger partial charge >= 0.3 is 5.97 Å². The van der Waals surface area contributed by atoms with E-state index >= 15 is 0 Å². The summed E-state index contributed by atoms with van der Waals surface area (Å²) in [7, 11) is 0. The number of benzene rings is 2. The minimum Gasteiger partial charge on any atom is -0.463 e. The monoisotopic (exact) mass is 333 g/mol. The van der Waals surface area contributed by atoms with E-state index in [4.69, 9.17) is 4.74 Å². The number of carbonyl (C=O) groups is 1. The molecule has 1 N–H and O–H groups in total. The van der Waals surface area contributed by atoms with E-state index in [0.29, 0.717) is 13.2 Å². The molecular formula is C16H16BrNO2. The SMILES string of the molecule is CCOC(=O)/C=C/CNc1ccc2cc(Br)ccc2c1. The van der Waals surface area contributed by atoms with E-state index in [0.717, 1.165) is 10.2 Å². The Morgan fingerprint density at radius 3 is 2.80 bits per heavy atom. The molecule has 0 aliphatic heterocycles. The topological polar surface area (TPSA) is 38.3 Å². The van der Waals surface area contributed by atoms with Gasteiger partial charge in [0.1, 0.15) is 0 Å². The van der Waals surface area contributed by atoms with Crippen LogP contribution in [0, 0.1) is 0 Å². The van der Waals surface area contributed by atoms with Crippen LogP contribution in [0.15, 0.2) is 53.0 Å². The summed E-state index contributed by atoms with van der Waals surface area (Å²) in [6, 6.07) is 12.3. The lowest BCUT2D eigenvalue weighted by Crippen LogP contribution is -2.02. The fourth-order valence-electron chi connectivity index (χ4n) is 1.85. The standard InChI is InChI=1S/C16H16BrNO2/c1-2-20-16(19)4-3-9-18-15-8-6-12-10-14(17)7-5-13(12)11-15/h3-8,10-11,18H,2,9H2,1H3/b4-3+. The molecule has 0 fully saturated rings. The van der Waals surface area contributed by atoms with Crippen LogP contribution in [-0.4, -0.2) is 19.1 Å². The van der Waals surface area contributed by atoms with Crippen LogP contribution in [0.25, 0.3) is 10.8 Å². The molecule has 0 saturated heterocycles. The molecule has 0 unspecified atom stereocenters. The van der Waals surface area contributed by atoms with Gasteiger partial charge in [-0.3, -0.25) is 0 Å². The molecule has 0 radical (unpaired) electrons. The zero-order valence-corrected chi connectivity index (χ0v) is 12.8. The Bertz CT molecular complexity index is 637. The molecule has 0 aromatic heterocycles. The highest BCUT2D eigenvalue weighted by Crippen LogP contribution is 2.22. The quantitative estimate of drug-likeness (QED) is 0.660. The normalized spacial score (nSPS) is 10.9. The summed E-state index contributed by atoms with van der Waals surface area (Å²) in [5.74, 6) is -0.308. The number of halogens is 1. The number of fused-ring (bicyclic) bond motifs is 1. The molecule has 2 aromatic carbocycles. The summed E-state index contributed by atoms with van der Waals surface area (Å²) in [5.41, 5.74) is 1.02. The van der Waals surface area contributed by atoms with Gasteiger partial charge in [-0.2, -0.15) is 0 Å². The van der Waals surface area contributed by atoms with Gasteiger partial charge in [-0.25, -0.2) is 4.79 Å². The summed E-state index contributed by atoms with van der Waals surface area (Å²) in [6.45, 7) is 2.77. The first-order chi connectivity index (χ1) is 9.69. The van der Waals surface area contributed by atoms with Gasteiger partial charge in [-0.15, -0.1) is 0 Å². The van der Waals surface area contributed by atoms with Gasteiger partial charge in [-0.05, 0) is 42.0 Å². The van der Waals surface area contributed by atoms with Crippen molar-refractivity contribution in [1.82, 2.24) is 0 Å². The van der Waals surface area contributed by atoms with Gasteiger partial charge in [-0.1, -0.05) is 34.1 Å². The van der Waals surface area contributed by atoms with Crippen LogP contribution >= 0.6 is 15.9 Å². The van der Waals surface area contributed by atoms with Crippen LogP contribution in [0.1, 0.15) is 6.92 Å². The van der Waals surface area contributed by atoms with E-state index in [-0.39, 0.29) is 5.97 Å². The maximum Gasteiger partial charge on any atom is 0.330 e. The van der Waals surface area contributed by atoms with Crippen LogP contribution in [0.5, 0.6) is 0 Å². The molecule has 104 valence electrons. The minimum absolute atomic E-state index is 0.308. The van der Waals surface area contributed by atoms with Crippen molar-refractivity contribution < 1.29 is 9.53 Å². The van der Waals surface area contributed by atoms with E-state index in [1.54, 1.807) is 13.0 Å². The van der Waals surface area contributed by atoms with Crippen molar-refractivity contribution in [3.8, 4) is 0 Å². The van der Waals surface area contributed by atoms with Gasteiger partial charge in [0.2, 0.25) is 0 Å². The average molecular weight is 334 g/mol. The first-order valence-corrected chi connectivity index (χ1v) is 7.25. The fourth-order valence-corrected chi connectivity index (χ4v) is 2.23. The van der Waals surface area contributed by atoms with Gasteiger partial charge in [0.15, 0.2) is 0 Å².